The monoisotopic (exact) mass is 1100 g/mol. The highest BCUT2D eigenvalue weighted by molar-refractivity contribution is 8.76. The summed E-state index contributed by atoms with van der Waals surface area (Å²) in [5.74, 6) is 15.1. The van der Waals surface area contributed by atoms with Crippen LogP contribution in [0.5, 0.6) is 28.7 Å². The van der Waals surface area contributed by atoms with E-state index in [9.17, 15) is 24.6 Å². The van der Waals surface area contributed by atoms with Gasteiger partial charge in [0, 0.05) is 66.1 Å². The fourth-order valence-corrected chi connectivity index (χ4v) is 9.72. The maximum absolute atomic E-state index is 12.3. The van der Waals surface area contributed by atoms with E-state index in [1.807, 2.05) is 73.1 Å². The maximum atomic E-state index is 12.3. The number of aliphatic hydroxyl groups is 2. The van der Waals surface area contributed by atoms with Crippen molar-refractivity contribution in [2.75, 3.05) is 72.1 Å². The number of ketones is 1. The Hall–Kier alpha value is -5.65. The van der Waals surface area contributed by atoms with Gasteiger partial charge in [-0.15, -0.1) is 5.92 Å². The van der Waals surface area contributed by atoms with E-state index in [2.05, 4.69) is 72.8 Å². The highest BCUT2D eigenvalue weighted by atomic mass is 33.1. The molecular formula is C61H89N3O11S2. The summed E-state index contributed by atoms with van der Waals surface area (Å²) in [7, 11) is 9.49. The molecule has 1 unspecified atom stereocenters. The molecule has 0 bridgehead atoms. The quantitative estimate of drug-likeness (QED) is 0.0358. The van der Waals surface area contributed by atoms with E-state index >= 15 is 0 Å². The minimum absolute atomic E-state index is 0.0253. The number of hydrogen-bond acceptors (Lipinski definition) is 14. The zero-order valence-corrected chi connectivity index (χ0v) is 51.2. The number of alkyl carbamates (subject to hydrolysis) is 1. The lowest BCUT2D eigenvalue weighted by Crippen LogP contribution is -2.40. The number of allylic oxidation sites excluding steroid dienone is 5. The average Bonchev–Trinajstić information content (AvgIpc) is 3.80. The van der Waals surface area contributed by atoms with E-state index in [0.717, 1.165) is 56.8 Å². The predicted octanol–water partition coefficient (Wildman–Crippen LogP) is 12.2. The first-order valence-electron chi connectivity index (χ1n) is 26.0. The number of anilines is 1. The fraction of sp³-hybridized carbons (Fsp3) is 0.557. The van der Waals surface area contributed by atoms with Crippen molar-refractivity contribution in [3.8, 4) is 52.4 Å². The number of carbonyl (C=O) groups is 3. The van der Waals surface area contributed by atoms with Crippen molar-refractivity contribution < 1.29 is 53.0 Å². The van der Waals surface area contributed by atoms with Crippen molar-refractivity contribution in [1.29, 1.82) is 0 Å². The van der Waals surface area contributed by atoms with Gasteiger partial charge in [-0.3, -0.25) is 14.9 Å². The number of hydrogen-bond donors (Lipinski definition) is 4. The Balaban J connectivity index is 0.000000629. The SMILES string of the molecule is CC.CC#C/C=C\C#CCC1=C(NC(=O)OC)C(=O)CC/C1=C/CSSC.COc1c(C)c(C)c(C2=CN(C=O)C(CNc3cc(OCC(C)(C)C(C)(C)CO)c(OCC(C)(C)CC(C)(C)O)cc3C)C2)c(OC)c1OC. The molecule has 1 heterocycles. The van der Waals surface area contributed by atoms with Gasteiger partial charge in [-0.2, -0.15) is 0 Å². The lowest BCUT2D eigenvalue weighted by atomic mass is 9.69. The van der Waals surface area contributed by atoms with Crippen LogP contribution in [0.2, 0.25) is 0 Å². The zero-order valence-electron chi connectivity index (χ0n) is 49.5. The second-order valence-corrected chi connectivity index (χ2v) is 23.8. The highest BCUT2D eigenvalue weighted by Crippen LogP contribution is 2.49. The number of aryl methyl sites for hydroxylation is 1. The normalized spacial score (nSPS) is 15.2. The Bertz CT molecular complexity index is 2580. The van der Waals surface area contributed by atoms with Gasteiger partial charge >= 0.3 is 6.09 Å². The molecule has 2 aliphatic rings. The van der Waals surface area contributed by atoms with E-state index in [0.29, 0.717) is 86.3 Å². The van der Waals surface area contributed by atoms with Gasteiger partial charge < -0.3 is 48.9 Å². The summed E-state index contributed by atoms with van der Waals surface area (Å²) in [6, 6.07) is 3.76. The van der Waals surface area contributed by atoms with Gasteiger partial charge in [-0.05, 0) is 124 Å². The molecule has 0 saturated carbocycles. The predicted molar refractivity (Wildman–Crippen MR) is 317 cm³/mol. The molecule has 1 aliphatic heterocycles. The van der Waals surface area contributed by atoms with Crippen molar-refractivity contribution >= 4 is 51.1 Å². The molecule has 2 amide bonds. The number of Topliss-reactive ketones (excluding diaryl/α,β-unsaturated/α-hetero) is 1. The van der Waals surface area contributed by atoms with Crippen molar-refractivity contribution in [2.24, 2.45) is 16.2 Å². The molecule has 14 nitrogen and oxygen atoms in total. The van der Waals surface area contributed by atoms with Gasteiger partial charge in [0.15, 0.2) is 28.8 Å². The number of nitrogens with zero attached hydrogens (tertiary/aromatic N) is 1. The van der Waals surface area contributed by atoms with Crippen LogP contribution in [-0.2, 0) is 14.3 Å². The molecule has 0 fully saturated rings. The number of carbonyl (C=O) groups excluding carboxylic acids is 3. The number of benzene rings is 2. The van der Waals surface area contributed by atoms with Crippen molar-refractivity contribution in [3.05, 3.63) is 75.7 Å². The van der Waals surface area contributed by atoms with Crippen LogP contribution in [0.1, 0.15) is 131 Å². The molecule has 2 aromatic rings. The Labute approximate surface area is 469 Å². The third-order valence-electron chi connectivity index (χ3n) is 13.6. The van der Waals surface area contributed by atoms with Gasteiger partial charge in [0.2, 0.25) is 12.2 Å². The highest BCUT2D eigenvalue weighted by Gasteiger charge is 2.38. The standard InChI is InChI=1S/C40H62N2O8.C19H21NO3S2.C2H6/c1-25-15-31(49-22-37(4,5)20-40(10,11)45)32(50-23-39(8,9)38(6,7)21-43)17-30(25)41-18-29-16-28(19-42(29)24-44)33-26(2)27(3)34(46-12)36(48-14)35(33)47-13;1-4-5-6-7-8-9-10-16-15(13-14-25-24-3)11-12-17(21)18(16)20-19(22)23-2;1-2/h15,17,19,24,29,41,43,45H,16,18,20-23H2,1-14H3;6-7,13H,10-12,14H2,1-3H3,(H,20,22);1-2H3/b;7-6-,15-13-;. The molecule has 0 spiro atoms. The van der Waals surface area contributed by atoms with Crippen LogP contribution in [0.3, 0.4) is 0 Å². The van der Waals surface area contributed by atoms with Gasteiger partial charge in [-0.1, -0.05) is 101 Å². The van der Waals surface area contributed by atoms with Crippen LogP contribution in [0.15, 0.2) is 53.4 Å². The van der Waals surface area contributed by atoms with Crippen LogP contribution in [0.25, 0.3) is 5.57 Å². The molecule has 0 radical (unpaired) electrons. The Morgan fingerprint density at radius 2 is 1.49 bits per heavy atom. The maximum Gasteiger partial charge on any atom is 0.411 e. The topological polar surface area (TPSA) is 174 Å². The molecule has 0 saturated heterocycles. The number of ether oxygens (including phenoxy) is 6. The lowest BCUT2D eigenvalue weighted by Gasteiger charge is -2.40. The van der Waals surface area contributed by atoms with Crippen molar-refractivity contribution in [2.45, 2.75) is 141 Å². The fourth-order valence-electron chi connectivity index (χ4n) is 8.70. The zero-order chi connectivity index (χ0) is 58.3. The third-order valence-corrected chi connectivity index (χ3v) is 15.3. The molecule has 77 heavy (non-hydrogen) atoms. The van der Waals surface area contributed by atoms with Crippen molar-refractivity contribution in [1.82, 2.24) is 10.2 Å². The summed E-state index contributed by atoms with van der Waals surface area (Å²) in [5.41, 5.74) is 5.88. The van der Waals surface area contributed by atoms with E-state index in [4.69, 9.17) is 23.7 Å². The summed E-state index contributed by atoms with van der Waals surface area (Å²) >= 11 is 0. The smallest absolute Gasteiger partial charge is 0.411 e. The summed E-state index contributed by atoms with van der Waals surface area (Å²) in [5, 5.41) is 26.7. The van der Waals surface area contributed by atoms with Crippen LogP contribution in [-0.4, -0.2) is 112 Å². The first-order valence-corrected chi connectivity index (χ1v) is 28.7. The second kappa shape index (κ2) is 31.7. The van der Waals surface area contributed by atoms with Crippen molar-refractivity contribution in [3.63, 3.8) is 0 Å². The van der Waals surface area contributed by atoms with E-state index in [-0.39, 0.29) is 34.7 Å². The second-order valence-electron chi connectivity index (χ2n) is 21.2. The third kappa shape index (κ3) is 19.6. The van der Waals surface area contributed by atoms with Gasteiger partial charge in [0.25, 0.3) is 0 Å². The molecular weight excluding hydrogens is 1010 g/mol. The van der Waals surface area contributed by atoms with E-state index < -0.39 is 11.7 Å². The number of methoxy groups -OCH3 is 4. The Morgan fingerprint density at radius 3 is 2.06 bits per heavy atom. The summed E-state index contributed by atoms with van der Waals surface area (Å²) in [6.45, 7) is 29.0. The first kappa shape index (κ1) is 67.5. The molecule has 16 heteroatoms. The Kier molecular flexibility index (Phi) is 27.8. The molecule has 426 valence electrons. The van der Waals surface area contributed by atoms with Gasteiger partial charge in [0.05, 0.1) is 59.0 Å². The van der Waals surface area contributed by atoms with Crippen LogP contribution < -0.4 is 34.3 Å². The van der Waals surface area contributed by atoms with Crippen LogP contribution >= 0.6 is 21.6 Å². The molecule has 4 rings (SSSR count). The minimum Gasteiger partial charge on any atom is -0.492 e. The van der Waals surface area contributed by atoms with Crippen LogP contribution in [0.4, 0.5) is 10.5 Å². The summed E-state index contributed by atoms with van der Waals surface area (Å²) in [4.78, 5) is 37.9. The summed E-state index contributed by atoms with van der Waals surface area (Å²) in [6.07, 6.45) is 12.1. The minimum atomic E-state index is -0.831. The van der Waals surface area contributed by atoms with E-state index in [1.165, 1.54) is 7.11 Å². The van der Waals surface area contributed by atoms with Crippen LogP contribution in [0, 0.1) is 60.7 Å². The van der Waals surface area contributed by atoms with Gasteiger partial charge in [0.1, 0.15) is 0 Å². The molecule has 4 N–H and O–H groups in total. The first-order chi connectivity index (χ1) is 36.3. The molecule has 1 atom stereocenters. The largest absolute Gasteiger partial charge is 0.492 e. The molecule has 1 aliphatic carbocycles. The summed E-state index contributed by atoms with van der Waals surface area (Å²) < 4.78 is 34.8. The Morgan fingerprint density at radius 1 is 0.870 bits per heavy atom. The molecule has 2 aromatic carbocycles. The molecule has 0 aromatic heterocycles. The average molecular weight is 1100 g/mol. The number of aliphatic hydroxyl groups excluding tert-OH is 1. The van der Waals surface area contributed by atoms with E-state index in [1.54, 1.807) is 80.7 Å². The lowest BCUT2D eigenvalue weighted by molar-refractivity contribution is -0.117. The van der Waals surface area contributed by atoms with Gasteiger partial charge in [-0.25, -0.2) is 4.79 Å². The number of amides is 2. The number of nitrogens with one attached hydrogen (secondary N) is 2. The number of rotatable bonds is 23.